The Bertz CT molecular complexity index is 761. The molecule has 2 aliphatic rings. The predicted octanol–water partition coefficient (Wildman–Crippen LogP) is 3.68. The smallest absolute Gasteiger partial charge is 0.223 e. The lowest BCUT2D eigenvalue weighted by Gasteiger charge is -2.30. The monoisotopic (exact) mass is 371 g/mol. The molecule has 0 unspecified atom stereocenters. The molecule has 0 spiro atoms. The van der Waals surface area contributed by atoms with Crippen LogP contribution in [0.1, 0.15) is 51.4 Å². The van der Waals surface area contributed by atoms with Crippen LogP contribution in [-0.4, -0.2) is 46.5 Å². The van der Waals surface area contributed by atoms with Crippen molar-refractivity contribution in [1.29, 1.82) is 0 Å². The quantitative estimate of drug-likeness (QED) is 0.835. The lowest BCUT2D eigenvalue weighted by atomic mass is 9.93. The molecular formula is C21H29N3O3. The average Bonchev–Trinajstić information content (AvgIpc) is 2.70. The van der Waals surface area contributed by atoms with Crippen LogP contribution in [0.2, 0.25) is 0 Å². The van der Waals surface area contributed by atoms with Crippen LogP contribution in [0.25, 0.3) is 10.9 Å². The van der Waals surface area contributed by atoms with E-state index in [1.807, 2.05) is 24.4 Å². The number of anilines is 1. The molecule has 6 heteroatoms. The van der Waals surface area contributed by atoms with E-state index in [4.69, 9.17) is 9.47 Å². The number of nitrogens with zero attached hydrogens (tertiary/aromatic N) is 2. The summed E-state index contributed by atoms with van der Waals surface area (Å²) in [5.41, 5.74) is 0.880. The molecule has 2 N–H and O–H groups in total. The molecule has 0 amide bonds. The fraction of sp³-hybridized carbons (Fsp3) is 0.619. The van der Waals surface area contributed by atoms with Crippen molar-refractivity contribution in [2.75, 3.05) is 12.4 Å². The molecule has 146 valence electrons. The third-order valence-corrected chi connectivity index (χ3v) is 5.82. The lowest BCUT2D eigenvalue weighted by molar-refractivity contribution is -0.0228. The highest BCUT2D eigenvalue weighted by Gasteiger charge is 2.26. The molecule has 1 aromatic heterocycles. The highest BCUT2D eigenvalue weighted by molar-refractivity contribution is 5.80. The minimum Gasteiger partial charge on any atom is -0.488 e. The minimum atomic E-state index is -0.156. The third kappa shape index (κ3) is 4.50. The fourth-order valence-electron chi connectivity index (χ4n) is 4.19. The van der Waals surface area contributed by atoms with Gasteiger partial charge in [-0.3, -0.25) is 0 Å². The highest BCUT2D eigenvalue weighted by atomic mass is 16.5. The van der Waals surface area contributed by atoms with E-state index >= 15 is 0 Å². The molecule has 2 aromatic rings. The van der Waals surface area contributed by atoms with Gasteiger partial charge in [-0.2, -0.15) is 0 Å². The number of methoxy groups -OCH3 is 1. The number of fused-ring (bicyclic) bond motifs is 1. The number of rotatable bonds is 5. The summed E-state index contributed by atoms with van der Waals surface area (Å²) in [4.78, 5) is 9.13. The second-order valence-electron chi connectivity index (χ2n) is 7.78. The molecule has 27 heavy (non-hydrogen) atoms. The molecule has 0 bridgehead atoms. The van der Waals surface area contributed by atoms with E-state index in [1.54, 1.807) is 7.11 Å². The molecule has 4 rings (SSSR count). The van der Waals surface area contributed by atoms with Gasteiger partial charge < -0.3 is 19.9 Å². The maximum atomic E-state index is 9.65. The van der Waals surface area contributed by atoms with Crippen LogP contribution >= 0.6 is 0 Å². The van der Waals surface area contributed by atoms with Crippen LogP contribution in [0.5, 0.6) is 5.75 Å². The summed E-state index contributed by atoms with van der Waals surface area (Å²) in [5.74, 6) is 1.48. The van der Waals surface area contributed by atoms with E-state index in [1.165, 1.54) is 12.8 Å². The maximum Gasteiger partial charge on any atom is 0.223 e. The Morgan fingerprint density at radius 3 is 2.59 bits per heavy atom. The van der Waals surface area contributed by atoms with Crippen LogP contribution in [-0.2, 0) is 4.74 Å². The number of benzene rings is 1. The summed E-state index contributed by atoms with van der Waals surface area (Å²) in [7, 11) is 1.77. The van der Waals surface area contributed by atoms with E-state index in [-0.39, 0.29) is 18.3 Å². The first-order chi connectivity index (χ1) is 13.2. The van der Waals surface area contributed by atoms with Crippen molar-refractivity contribution in [1.82, 2.24) is 9.97 Å². The fourth-order valence-corrected chi connectivity index (χ4v) is 4.19. The molecule has 1 heterocycles. The van der Waals surface area contributed by atoms with Gasteiger partial charge in [0.1, 0.15) is 11.9 Å². The Labute approximate surface area is 160 Å². The van der Waals surface area contributed by atoms with Gasteiger partial charge in [-0.25, -0.2) is 9.97 Å². The van der Waals surface area contributed by atoms with Gasteiger partial charge in [0.15, 0.2) is 0 Å². The lowest BCUT2D eigenvalue weighted by Crippen LogP contribution is -2.36. The average molecular weight is 371 g/mol. The minimum absolute atomic E-state index is 0.106. The zero-order chi connectivity index (χ0) is 18.6. The van der Waals surface area contributed by atoms with Crippen molar-refractivity contribution < 1.29 is 14.6 Å². The normalized spacial score (nSPS) is 28.8. The van der Waals surface area contributed by atoms with Gasteiger partial charge in [0.05, 0.1) is 17.7 Å². The van der Waals surface area contributed by atoms with Crippen molar-refractivity contribution in [3.8, 4) is 5.75 Å². The van der Waals surface area contributed by atoms with Crippen LogP contribution in [0, 0.1) is 0 Å². The highest BCUT2D eigenvalue weighted by Crippen LogP contribution is 2.28. The number of aliphatic hydroxyl groups is 1. The number of hydrogen-bond acceptors (Lipinski definition) is 6. The van der Waals surface area contributed by atoms with Gasteiger partial charge in [0.25, 0.3) is 0 Å². The van der Waals surface area contributed by atoms with E-state index in [0.717, 1.165) is 55.2 Å². The van der Waals surface area contributed by atoms with Crippen molar-refractivity contribution in [2.45, 2.75) is 75.7 Å². The number of nitrogens with one attached hydrogen (secondary N) is 1. The summed E-state index contributed by atoms with van der Waals surface area (Å²) >= 11 is 0. The Balaban J connectivity index is 1.47. The molecule has 2 saturated carbocycles. The van der Waals surface area contributed by atoms with Crippen LogP contribution in [0.15, 0.2) is 24.4 Å². The van der Waals surface area contributed by atoms with Crippen LogP contribution in [0.4, 0.5) is 5.95 Å². The Kier molecular flexibility index (Phi) is 5.74. The summed E-state index contributed by atoms with van der Waals surface area (Å²) in [5, 5.41) is 14.1. The topological polar surface area (TPSA) is 76.5 Å². The number of aromatic nitrogens is 2. The second kappa shape index (κ2) is 8.40. The Morgan fingerprint density at radius 1 is 1.04 bits per heavy atom. The third-order valence-electron chi connectivity index (χ3n) is 5.82. The molecule has 1 aromatic carbocycles. The summed E-state index contributed by atoms with van der Waals surface area (Å²) in [6.07, 6.45) is 10.0. The number of hydrogen-bond donors (Lipinski definition) is 2. The van der Waals surface area contributed by atoms with E-state index < -0.39 is 0 Å². The number of ether oxygens (including phenoxy) is 2. The zero-order valence-corrected chi connectivity index (χ0v) is 15.9. The molecule has 0 saturated heterocycles. The predicted molar refractivity (Wildman–Crippen MR) is 105 cm³/mol. The van der Waals surface area contributed by atoms with Crippen molar-refractivity contribution >= 4 is 16.9 Å². The summed E-state index contributed by atoms with van der Waals surface area (Å²) in [6.45, 7) is 0. The molecule has 2 aliphatic carbocycles. The van der Waals surface area contributed by atoms with Gasteiger partial charge in [0.2, 0.25) is 5.95 Å². The van der Waals surface area contributed by atoms with Crippen molar-refractivity contribution in [2.24, 2.45) is 0 Å². The summed E-state index contributed by atoms with van der Waals surface area (Å²) in [6, 6.07) is 6.32. The van der Waals surface area contributed by atoms with Gasteiger partial charge >= 0.3 is 0 Å². The maximum absolute atomic E-state index is 9.65. The SMILES string of the molecule is CO[C@H]1CCCC[C@@H]1Oc1ccc2cnc(NC3CCC(O)CC3)nc2c1. The van der Waals surface area contributed by atoms with Gasteiger partial charge in [-0.15, -0.1) is 0 Å². The van der Waals surface area contributed by atoms with E-state index in [9.17, 15) is 5.11 Å². The molecule has 2 fully saturated rings. The van der Waals surface area contributed by atoms with E-state index in [2.05, 4.69) is 15.3 Å². The zero-order valence-electron chi connectivity index (χ0n) is 15.9. The first-order valence-corrected chi connectivity index (χ1v) is 10.1. The molecule has 6 nitrogen and oxygen atoms in total. The van der Waals surface area contributed by atoms with Gasteiger partial charge in [-0.05, 0) is 57.1 Å². The first kappa shape index (κ1) is 18.4. The van der Waals surface area contributed by atoms with Gasteiger partial charge in [0, 0.05) is 30.8 Å². The second-order valence-corrected chi connectivity index (χ2v) is 7.78. The Morgan fingerprint density at radius 2 is 1.81 bits per heavy atom. The molecule has 2 atom stereocenters. The van der Waals surface area contributed by atoms with Crippen LogP contribution in [0.3, 0.4) is 0 Å². The van der Waals surface area contributed by atoms with Crippen LogP contribution < -0.4 is 10.1 Å². The Hall–Kier alpha value is -1.92. The molecule has 0 aliphatic heterocycles. The standard InChI is InChI=1S/C21H29N3O3/c1-26-19-4-2-3-5-20(19)27-17-11-6-14-13-22-21(24-18(14)12-17)23-15-7-9-16(25)10-8-15/h6,11-13,15-16,19-20,25H,2-5,7-10H2,1H3,(H,22,23,24)/t15?,16?,19-,20-/m0/s1. The summed E-state index contributed by atoms with van der Waals surface area (Å²) < 4.78 is 11.8. The van der Waals surface area contributed by atoms with E-state index in [0.29, 0.717) is 12.0 Å². The molecular weight excluding hydrogens is 342 g/mol. The first-order valence-electron chi connectivity index (χ1n) is 10.1. The van der Waals surface area contributed by atoms with Crippen molar-refractivity contribution in [3.63, 3.8) is 0 Å². The number of aliphatic hydroxyl groups excluding tert-OH is 1. The van der Waals surface area contributed by atoms with Gasteiger partial charge in [-0.1, -0.05) is 6.42 Å². The largest absolute Gasteiger partial charge is 0.488 e. The molecule has 0 radical (unpaired) electrons. The van der Waals surface area contributed by atoms with Crippen molar-refractivity contribution in [3.05, 3.63) is 24.4 Å².